The van der Waals surface area contributed by atoms with Crippen molar-refractivity contribution in [1.82, 2.24) is 9.91 Å². The molecule has 1 unspecified atom stereocenters. The molecule has 5 heteroatoms. The average molecular weight is 351 g/mol. The molecule has 1 amide bonds. The molecule has 0 saturated carbocycles. The van der Waals surface area contributed by atoms with E-state index in [0.717, 1.165) is 42.8 Å². The molecule has 2 aromatic rings. The van der Waals surface area contributed by atoms with Crippen LogP contribution >= 0.6 is 0 Å². The van der Waals surface area contributed by atoms with Gasteiger partial charge in [0, 0.05) is 6.42 Å². The second-order valence-electron chi connectivity index (χ2n) is 6.91. The summed E-state index contributed by atoms with van der Waals surface area (Å²) >= 11 is 0. The molecule has 0 N–H and O–H groups in total. The summed E-state index contributed by atoms with van der Waals surface area (Å²) in [6.07, 6.45) is 2.94. The minimum Gasteiger partial charge on any atom is -0.294 e. The van der Waals surface area contributed by atoms with E-state index >= 15 is 0 Å². The molecule has 1 saturated heterocycles. The van der Waals surface area contributed by atoms with Crippen molar-refractivity contribution >= 4 is 11.6 Å². The number of amides is 1. The minimum absolute atomic E-state index is 0.0258. The normalized spacial score (nSPS) is 20.4. The van der Waals surface area contributed by atoms with Gasteiger partial charge in [-0.2, -0.15) is 5.10 Å². The van der Waals surface area contributed by atoms with Crippen molar-refractivity contribution in [2.75, 3.05) is 19.6 Å². The first-order valence-electron chi connectivity index (χ1n) is 9.13. The van der Waals surface area contributed by atoms with Gasteiger partial charge in [0.25, 0.3) is 5.91 Å². The number of carbonyl (C=O) groups is 1. The van der Waals surface area contributed by atoms with Gasteiger partial charge in [0.2, 0.25) is 0 Å². The van der Waals surface area contributed by atoms with Crippen molar-refractivity contribution in [3.05, 3.63) is 71.5 Å². The van der Waals surface area contributed by atoms with Crippen LogP contribution in [0, 0.1) is 5.82 Å². The van der Waals surface area contributed by atoms with E-state index in [1.165, 1.54) is 12.1 Å². The van der Waals surface area contributed by atoms with E-state index in [1.54, 1.807) is 17.1 Å². The third kappa shape index (κ3) is 3.53. The summed E-state index contributed by atoms with van der Waals surface area (Å²) in [5, 5.41) is 6.27. The summed E-state index contributed by atoms with van der Waals surface area (Å²) in [6.45, 7) is 2.36. The van der Waals surface area contributed by atoms with Gasteiger partial charge in [-0.1, -0.05) is 42.5 Å². The van der Waals surface area contributed by atoms with Crippen molar-refractivity contribution in [3.63, 3.8) is 0 Å². The molecule has 2 heterocycles. The van der Waals surface area contributed by atoms with E-state index in [1.807, 2.05) is 30.3 Å². The van der Waals surface area contributed by atoms with Crippen LogP contribution in [0.5, 0.6) is 0 Å². The summed E-state index contributed by atoms with van der Waals surface area (Å²) in [5.41, 5.74) is 2.76. The predicted octanol–water partition coefficient (Wildman–Crippen LogP) is 3.60. The highest BCUT2D eigenvalue weighted by atomic mass is 19.1. The Hall–Kier alpha value is -2.53. The lowest BCUT2D eigenvalue weighted by molar-refractivity contribution is -0.134. The molecule has 134 valence electrons. The quantitative estimate of drug-likeness (QED) is 0.844. The Morgan fingerprint density at radius 2 is 1.73 bits per heavy atom. The van der Waals surface area contributed by atoms with Gasteiger partial charge in [-0.05, 0) is 49.2 Å². The smallest absolute Gasteiger partial charge is 0.257 e. The third-order valence-corrected chi connectivity index (χ3v) is 5.09. The van der Waals surface area contributed by atoms with E-state index in [4.69, 9.17) is 0 Å². The Morgan fingerprint density at radius 1 is 1.04 bits per heavy atom. The van der Waals surface area contributed by atoms with Crippen LogP contribution in [0.25, 0.3) is 0 Å². The zero-order chi connectivity index (χ0) is 17.9. The molecule has 26 heavy (non-hydrogen) atoms. The SMILES string of the molecule is O=C(CN1CCCC1)N1N=C(c2ccc(F)cc2)CC1c1ccccc1. The molecule has 0 radical (unpaired) electrons. The fourth-order valence-corrected chi connectivity index (χ4v) is 3.70. The number of benzene rings is 2. The average Bonchev–Trinajstić information content (AvgIpc) is 3.33. The molecule has 1 atom stereocenters. The van der Waals surface area contributed by atoms with Crippen LogP contribution in [0.1, 0.15) is 36.4 Å². The highest BCUT2D eigenvalue weighted by Gasteiger charge is 2.33. The Morgan fingerprint density at radius 3 is 2.42 bits per heavy atom. The maximum atomic E-state index is 13.2. The highest BCUT2D eigenvalue weighted by Crippen LogP contribution is 2.33. The summed E-state index contributed by atoms with van der Waals surface area (Å²) in [5.74, 6) is -0.244. The Labute approximate surface area is 152 Å². The first-order chi connectivity index (χ1) is 12.7. The van der Waals surface area contributed by atoms with Crippen LogP contribution in [0.2, 0.25) is 0 Å². The Bertz CT molecular complexity index is 798. The number of hydrogen-bond donors (Lipinski definition) is 0. The molecule has 0 spiro atoms. The summed E-state index contributed by atoms with van der Waals surface area (Å²) < 4.78 is 13.2. The van der Waals surface area contributed by atoms with Crippen LogP contribution in [0.3, 0.4) is 0 Å². The van der Waals surface area contributed by atoms with Crippen molar-refractivity contribution in [3.8, 4) is 0 Å². The Kier molecular flexibility index (Phi) is 4.80. The summed E-state index contributed by atoms with van der Waals surface area (Å²) in [4.78, 5) is 15.1. The maximum Gasteiger partial charge on any atom is 0.257 e. The highest BCUT2D eigenvalue weighted by molar-refractivity contribution is 6.03. The molecule has 0 aliphatic carbocycles. The molecule has 4 nitrogen and oxygen atoms in total. The van der Waals surface area contributed by atoms with Crippen LogP contribution in [-0.4, -0.2) is 41.2 Å². The number of likely N-dealkylation sites (tertiary alicyclic amines) is 1. The van der Waals surface area contributed by atoms with Crippen LogP contribution < -0.4 is 0 Å². The predicted molar refractivity (Wildman–Crippen MR) is 99.3 cm³/mol. The van der Waals surface area contributed by atoms with Gasteiger partial charge in [-0.25, -0.2) is 9.40 Å². The van der Waals surface area contributed by atoms with Gasteiger partial charge in [-0.15, -0.1) is 0 Å². The monoisotopic (exact) mass is 351 g/mol. The van der Waals surface area contributed by atoms with E-state index < -0.39 is 0 Å². The van der Waals surface area contributed by atoms with Crippen molar-refractivity contribution in [1.29, 1.82) is 0 Å². The van der Waals surface area contributed by atoms with Crippen LogP contribution in [-0.2, 0) is 4.79 Å². The number of rotatable bonds is 4. The van der Waals surface area contributed by atoms with Crippen LogP contribution in [0.4, 0.5) is 4.39 Å². The molecule has 2 aliphatic rings. The summed E-state index contributed by atoms with van der Waals surface area (Å²) in [7, 11) is 0. The zero-order valence-electron chi connectivity index (χ0n) is 14.6. The second kappa shape index (κ2) is 7.38. The second-order valence-corrected chi connectivity index (χ2v) is 6.91. The van der Waals surface area contributed by atoms with Gasteiger partial charge in [0.15, 0.2) is 0 Å². The molecular weight excluding hydrogens is 329 g/mol. The van der Waals surface area contributed by atoms with Gasteiger partial charge in [-0.3, -0.25) is 9.69 Å². The molecule has 4 rings (SSSR count). The number of carbonyl (C=O) groups excluding carboxylic acids is 1. The number of nitrogens with zero attached hydrogens (tertiary/aromatic N) is 3. The number of halogens is 1. The van der Waals surface area contributed by atoms with E-state index in [0.29, 0.717) is 13.0 Å². The lowest BCUT2D eigenvalue weighted by atomic mass is 9.98. The van der Waals surface area contributed by atoms with Crippen molar-refractivity contribution in [2.45, 2.75) is 25.3 Å². The Balaban J connectivity index is 1.60. The van der Waals surface area contributed by atoms with Crippen molar-refractivity contribution < 1.29 is 9.18 Å². The van der Waals surface area contributed by atoms with E-state index in [-0.39, 0.29) is 17.8 Å². The van der Waals surface area contributed by atoms with Gasteiger partial charge < -0.3 is 0 Å². The topological polar surface area (TPSA) is 35.9 Å². The molecule has 2 aromatic carbocycles. The molecule has 2 aliphatic heterocycles. The molecule has 0 aromatic heterocycles. The van der Waals surface area contributed by atoms with Crippen molar-refractivity contribution in [2.24, 2.45) is 5.10 Å². The molecular formula is C21H22FN3O. The summed E-state index contributed by atoms with van der Waals surface area (Å²) in [6, 6.07) is 16.2. The van der Waals surface area contributed by atoms with Gasteiger partial charge in [0.1, 0.15) is 5.82 Å². The molecule has 1 fully saturated rings. The van der Waals surface area contributed by atoms with E-state index in [2.05, 4.69) is 10.0 Å². The zero-order valence-corrected chi connectivity index (χ0v) is 14.6. The largest absolute Gasteiger partial charge is 0.294 e. The third-order valence-electron chi connectivity index (χ3n) is 5.09. The van der Waals surface area contributed by atoms with Crippen LogP contribution in [0.15, 0.2) is 59.7 Å². The van der Waals surface area contributed by atoms with Gasteiger partial charge in [0.05, 0.1) is 18.3 Å². The fraction of sp³-hybridized carbons (Fsp3) is 0.333. The fourth-order valence-electron chi connectivity index (χ4n) is 3.70. The van der Waals surface area contributed by atoms with Gasteiger partial charge >= 0.3 is 0 Å². The molecule has 0 bridgehead atoms. The number of hydrogen-bond acceptors (Lipinski definition) is 3. The first-order valence-corrected chi connectivity index (χ1v) is 9.13. The standard InChI is InChI=1S/C21H22FN3O/c22-18-10-8-16(9-11-18)19-14-20(17-6-2-1-3-7-17)25(23-19)21(26)15-24-12-4-5-13-24/h1-3,6-11,20H,4-5,12-15H2. The number of hydrazone groups is 1. The lowest BCUT2D eigenvalue weighted by Crippen LogP contribution is -2.36. The maximum absolute atomic E-state index is 13.2. The van der Waals surface area contributed by atoms with E-state index in [9.17, 15) is 9.18 Å². The minimum atomic E-state index is -0.270. The lowest BCUT2D eigenvalue weighted by Gasteiger charge is -2.24. The first kappa shape index (κ1) is 16.9.